The maximum atomic E-state index is 13.0. The van der Waals surface area contributed by atoms with Crippen molar-refractivity contribution < 1.29 is 13.9 Å². The first-order valence-corrected chi connectivity index (χ1v) is 7.22. The van der Waals surface area contributed by atoms with Crippen LogP contribution in [0.4, 0.5) is 10.1 Å². The second kappa shape index (κ2) is 7.95. The van der Waals surface area contributed by atoms with Gasteiger partial charge in [-0.2, -0.15) is 0 Å². The van der Waals surface area contributed by atoms with Gasteiger partial charge in [0.2, 0.25) is 5.91 Å². The van der Waals surface area contributed by atoms with Gasteiger partial charge in [-0.25, -0.2) is 4.39 Å². The molecule has 0 saturated carbocycles. The van der Waals surface area contributed by atoms with Crippen molar-refractivity contribution in [3.8, 4) is 0 Å². The van der Waals surface area contributed by atoms with Gasteiger partial charge in [0.05, 0.1) is 6.61 Å². The van der Waals surface area contributed by atoms with Gasteiger partial charge in [0.25, 0.3) is 0 Å². The van der Waals surface area contributed by atoms with Crippen molar-refractivity contribution in [3.63, 3.8) is 0 Å². The minimum Gasteiger partial charge on any atom is -0.385 e. The highest BCUT2D eigenvalue weighted by Gasteiger charge is 2.24. The Balaban J connectivity index is 1.60. The number of likely N-dealkylation sites (N-methyl/N-ethyl adjacent to an activating group) is 1. The van der Waals surface area contributed by atoms with Crippen molar-refractivity contribution in [2.24, 2.45) is 0 Å². The van der Waals surface area contributed by atoms with Crippen molar-refractivity contribution in [1.82, 2.24) is 10.2 Å². The summed E-state index contributed by atoms with van der Waals surface area (Å²) >= 11 is 0. The van der Waals surface area contributed by atoms with E-state index >= 15 is 0 Å². The SMILES string of the molecule is CN1CCO[C@H](C(=O)NCCCNc2cccc(F)c2)C1. The summed E-state index contributed by atoms with van der Waals surface area (Å²) in [7, 11) is 1.98. The van der Waals surface area contributed by atoms with Gasteiger partial charge < -0.3 is 20.3 Å². The van der Waals surface area contributed by atoms with Crippen LogP contribution < -0.4 is 10.6 Å². The Bertz CT molecular complexity index is 470. The summed E-state index contributed by atoms with van der Waals surface area (Å²) in [5.41, 5.74) is 0.749. The van der Waals surface area contributed by atoms with E-state index in [9.17, 15) is 9.18 Å². The van der Waals surface area contributed by atoms with Crippen molar-refractivity contribution in [3.05, 3.63) is 30.1 Å². The van der Waals surface area contributed by atoms with Gasteiger partial charge in [-0.1, -0.05) is 6.07 Å². The molecule has 6 heteroatoms. The first kappa shape index (κ1) is 15.7. The Kier molecular flexibility index (Phi) is 5.95. The standard InChI is InChI=1S/C15H22FN3O2/c1-19-8-9-21-14(11-19)15(20)18-7-3-6-17-13-5-2-4-12(16)10-13/h2,4-5,10,14,17H,3,6-9,11H2,1H3,(H,18,20)/t14-/m0/s1. The normalized spacial score (nSPS) is 19.2. The molecule has 1 fully saturated rings. The summed E-state index contributed by atoms with van der Waals surface area (Å²) in [5.74, 6) is -0.320. The molecule has 0 spiro atoms. The lowest BCUT2D eigenvalue weighted by Crippen LogP contribution is -2.48. The van der Waals surface area contributed by atoms with E-state index in [0.717, 1.165) is 18.7 Å². The zero-order valence-electron chi connectivity index (χ0n) is 12.3. The highest BCUT2D eigenvalue weighted by molar-refractivity contribution is 5.81. The van der Waals surface area contributed by atoms with Crippen LogP contribution in [-0.4, -0.2) is 56.7 Å². The molecular weight excluding hydrogens is 273 g/mol. The van der Waals surface area contributed by atoms with Crippen LogP contribution in [0.3, 0.4) is 0 Å². The number of rotatable bonds is 6. The van der Waals surface area contributed by atoms with Gasteiger partial charge in [-0.15, -0.1) is 0 Å². The van der Waals surface area contributed by atoms with E-state index in [0.29, 0.717) is 26.2 Å². The topological polar surface area (TPSA) is 53.6 Å². The third-order valence-corrected chi connectivity index (χ3v) is 3.37. The molecule has 0 aromatic heterocycles. The van der Waals surface area contributed by atoms with Crippen LogP contribution in [0.1, 0.15) is 6.42 Å². The number of benzene rings is 1. The Morgan fingerprint density at radius 2 is 2.33 bits per heavy atom. The van der Waals surface area contributed by atoms with Gasteiger partial charge >= 0.3 is 0 Å². The van der Waals surface area contributed by atoms with E-state index < -0.39 is 0 Å². The Hall–Kier alpha value is -1.66. The molecule has 116 valence electrons. The van der Waals surface area contributed by atoms with E-state index in [-0.39, 0.29) is 17.8 Å². The maximum Gasteiger partial charge on any atom is 0.250 e. The van der Waals surface area contributed by atoms with Gasteiger partial charge in [0.15, 0.2) is 0 Å². The van der Waals surface area contributed by atoms with Gasteiger partial charge in [-0.05, 0) is 31.7 Å². The van der Waals surface area contributed by atoms with Crippen LogP contribution in [0.2, 0.25) is 0 Å². The van der Waals surface area contributed by atoms with Crippen LogP contribution in [0.15, 0.2) is 24.3 Å². The first-order chi connectivity index (χ1) is 10.1. The summed E-state index contributed by atoms with van der Waals surface area (Å²) in [6.07, 6.45) is 0.394. The third kappa shape index (κ3) is 5.32. The molecule has 1 amide bonds. The highest BCUT2D eigenvalue weighted by atomic mass is 19.1. The van der Waals surface area contributed by atoms with Crippen molar-refractivity contribution >= 4 is 11.6 Å². The summed E-state index contributed by atoms with van der Waals surface area (Å²) in [4.78, 5) is 14.0. The average molecular weight is 295 g/mol. The second-order valence-electron chi connectivity index (χ2n) is 5.20. The number of ether oxygens (including phenoxy) is 1. The number of carbonyl (C=O) groups is 1. The summed E-state index contributed by atoms with van der Waals surface area (Å²) in [6.45, 7) is 3.34. The minimum absolute atomic E-state index is 0.0627. The zero-order chi connectivity index (χ0) is 15.1. The quantitative estimate of drug-likeness (QED) is 0.771. The van der Waals surface area contributed by atoms with Crippen molar-refractivity contribution in [2.75, 3.05) is 45.2 Å². The number of nitrogens with one attached hydrogen (secondary N) is 2. The Labute approximate surface area is 124 Å². The molecule has 0 radical (unpaired) electrons. The molecule has 1 aliphatic rings. The van der Waals surface area contributed by atoms with Crippen LogP contribution in [0.5, 0.6) is 0 Å². The summed E-state index contributed by atoms with van der Waals surface area (Å²) in [6, 6.07) is 6.33. The molecule has 5 nitrogen and oxygen atoms in total. The lowest BCUT2D eigenvalue weighted by atomic mass is 10.2. The number of anilines is 1. The molecule has 2 rings (SSSR count). The molecule has 0 aliphatic carbocycles. The molecule has 2 N–H and O–H groups in total. The molecule has 1 atom stereocenters. The molecule has 1 heterocycles. The van der Waals surface area contributed by atoms with Gasteiger partial charge in [0, 0.05) is 31.9 Å². The highest BCUT2D eigenvalue weighted by Crippen LogP contribution is 2.08. The molecule has 1 aromatic carbocycles. The lowest BCUT2D eigenvalue weighted by Gasteiger charge is -2.29. The number of carbonyl (C=O) groups excluding carboxylic acids is 1. The first-order valence-electron chi connectivity index (χ1n) is 7.22. The van der Waals surface area contributed by atoms with E-state index in [2.05, 4.69) is 15.5 Å². The number of hydrogen-bond acceptors (Lipinski definition) is 4. The van der Waals surface area contributed by atoms with Gasteiger partial charge in [0.1, 0.15) is 11.9 Å². The van der Waals surface area contributed by atoms with Crippen LogP contribution in [-0.2, 0) is 9.53 Å². The van der Waals surface area contributed by atoms with Gasteiger partial charge in [-0.3, -0.25) is 4.79 Å². The van der Waals surface area contributed by atoms with Crippen molar-refractivity contribution in [1.29, 1.82) is 0 Å². The summed E-state index contributed by atoms with van der Waals surface area (Å²) in [5, 5.41) is 5.98. The van der Waals surface area contributed by atoms with E-state index in [1.54, 1.807) is 6.07 Å². The van der Waals surface area contributed by atoms with E-state index in [4.69, 9.17) is 4.74 Å². The number of amides is 1. The molecule has 0 unspecified atom stereocenters. The molecular formula is C15H22FN3O2. The molecule has 0 bridgehead atoms. The minimum atomic E-state index is -0.375. The number of halogens is 1. The van der Waals surface area contributed by atoms with Crippen LogP contribution in [0.25, 0.3) is 0 Å². The van der Waals surface area contributed by atoms with E-state index in [1.165, 1.54) is 12.1 Å². The maximum absolute atomic E-state index is 13.0. The second-order valence-corrected chi connectivity index (χ2v) is 5.20. The smallest absolute Gasteiger partial charge is 0.250 e. The number of nitrogens with zero attached hydrogens (tertiary/aromatic N) is 1. The fourth-order valence-corrected chi connectivity index (χ4v) is 2.18. The van der Waals surface area contributed by atoms with E-state index in [1.807, 2.05) is 13.1 Å². The molecule has 1 saturated heterocycles. The predicted octanol–water partition coefficient (Wildman–Crippen LogP) is 1.07. The van der Waals surface area contributed by atoms with Crippen molar-refractivity contribution in [2.45, 2.75) is 12.5 Å². The lowest BCUT2D eigenvalue weighted by molar-refractivity contribution is -0.137. The predicted molar refractivity (Wildman–Crippen MR) is 79.8 cm³/mol. The fraction of sp³-hybridized carbons (Fsp3) is 0.533. The number of hydrogen-bond donors (Lipinski definition) is 2. The fourth-order valence-electron chi connectivity index (χ4n) is 2.18. The third-order valence-electron chi connectivity index (χ3n) is 3.37. The van der Waals surface area contributed by atoms with Crippen LogP contribution in [0, 0.1) is 5.82 Å². The molecule has 1 aliphatic heterocycles. The van der Waals surface area contributed by atoms with Crippen LogP contribution >= 0.6 is 0 Å². The summed E-state index contributed by atoms with van der Waals surface area (Å²) < 4.78 is 18.4. The monoisotopic (exact) mass is 295 g/mol. The average Bonchev–Trinajstić information content (AvgIpc) is 2.47. The zero-order valence-corrected chi connectivity index (χ0v) is 12.3. The largest absolute Gasteiger partial charge is 0.385 e. The molecule has 1 aromatic rings. The number of morpholine rings is 1. The Morgan fingerprint density at radius 3 is 3.10 bits per heavy atom. The Morgan fingerprint density at radius 1 is 1.48 bits per heavy atom. The molecule has 21 heavy (non-hydrogen) atoms.